The van der Waals surface area contributed by atoms with Crippen molar-refractivity contribution in [3.63, 3.8) is 0 Å². The van der Waals surface area contributed by atoms with Gasteiger partial charge < -0.3 is 4.52 Å². The van der Waals surface area contributed by atoms with Crippen LogP contribution < -0.4 is 5.30 Å². The molecule has 0 saturated carbocycles. The molecule has 0 fully saturated rings. The molecule has 0 spiro atoms. The Hall–Kier alpha value is -1.70. The number of carbonyl (C=O) groups excluding carboxylic acids is 1. The van der Waals surface area contributed by atoms with Crippen molar-refractivity contribution in [2.45, 2.75) is 0 Å². The summed E-state index contributed by atoms with van der Waals surface area (Å²) in [5.74, 6) is 0. The Kier molecular flexibility index (Phi) is 3.75. The van der Waals surface area contributed by atoms with E-state index in [0.29, 0.717) is 10.9 Å². The van der Waals surface area contributed by atoms with E-state index >= 15 is 0 Å². The molecule has 2 aromatic rings. The van der Waals surface area contributed by atoms with Gasteiger partial charge in [-0.1, -0.05) is 48.5 Å². The zero-order valence-electron chi connectivity index (χ0n) is 9.95. The van der Waals surface area contributed by atoms with Gasteiger partial charge in [0.05, 0.1) is 0 Å². The van der Waals surface area contributed by atoms with E-state index in [9.17, 15) is 9.36 Å². The first kappa shape index (κ1) is 12.7. The Labute approximate surface area is 106 Å². The fourth-order valence-corrected chi connectivity index (χ4v) is 3.35. The minimum atomic E-state index is -3.50. The second-order valence-corrected chi connectivity index (χ2v) is 6.13. The maximum Gasteiger partial charge on any atom is 0.300 e. The lowest BCUT2D eigenvalue weighted by atomic mass is 10.2. The normalized spacial score (nSPS) is 13.8. The van der Waals surface area contributed by atoms with Gasteiger partial charge in [0.25, 0.3) is 5.52 Å². The lowest BCUT2D eigenvalue weighted by molar-refractivity contribution is 0.106. The van der Waals surface area contributed by atoms with Crippen molar-refractivity contribution in [1.82, 2.24) is 0 Å². The molecule has 3 nitrogen and oxygen atoms in total. The number of hydrogen-bond acceptors (Lipinski definition) is 3. The summed E-state index contributed by atoms with van der Waals surface area (Å²) >= 11 is 0. The zero-order chi connectivity index (χ0) is 13.0. The molecule has 0 radical (unpaired) electrons. The first-order chi connectivity index (χ1) is 8.68. The molecule has 0 saturated heterocycles. The summed E-state index contributed by atoms with van der Waals surface area (Å²) in [5, 5.41) is 0.418. The third kappa shape index (κ3) is 2.28. The van der Waals surface area contributed by atoms with Crippen LogP contribution in [0.5, 0.6) is 0 Å². The van der Waals surface area contributed by atoms with Crippen LogP contribution in [0.4, 0.5) is 0 Å². The van der Waals surface area contributed by atoms with Crippen molar-refractivity contribution in [2.24, 2.45) is 0 Å². The predicted molar refractivity (Wildman–Crippen MR) is 71.5 cm³/mol. The topological polar surface area (TPSA) is 43.4 Å². The smallest absolute Gasteiger partial charge is 0.300 e. The van der Waals surface area contributed by atoms with Crippen LogP contribution in [0.25, 0.3) is 0 Å². The van der Waals surface area contributed by atoms with Gasteiger partial charge in [-0.15, -0.1) is 0 Å². The summed E-state index contributed by atoms with van der Waals surface area (Å²) in [4.78, 5) is 12.3. The highest BCUT2D eigenvalue weighted by Gasteiger charge is 2.34. The summed E-state index contributed by atoms with van der Waals surface area (Å²) < 4.78 is 17.8. The third-order valence-corrected chi connectivity index (χ3v) is 4.93. The van der Waals surface area contributed by atoms with E-state index < -0.39 is 12.9 Å². The zero-order valence-corrected chi connectivity index (χ0v) is 10.8. The number of benzene rings is 2. The van der Waals surface area contributed by atoms with Gasteiger partial charge in [0.1, 0.15) is 0 Å². The Morgan fingerprint density at radius 2 is 1.44 bits per heavy atom. The molecule has 2 aromatic carbocycles. The quantitative estimate of drug-likeness (QED) is 0.793. The maximum atomic E-state index is 12.7. The maximum absolute atomic E-state index is 12.7. The van der Waals surface area contributed by atoms with Crippen LogP contribution in [0, 0.1) is 0 Å². The SMILES string of the molecule is CO[P@](=O)(C(=O)c1ccccc1)c1ccccc1. The second kappa shape index (κ2) is 5.30. The van der Waals surface area contributed by atoms with Crippen molar-refractivity contribution in [1.29, 1.82) is 0 Å². The largest absolute Gasteiger partial charge is 0.323 e. The fourth-order valence-electron chi connectivity index (χ4n) is 1.68. The van der Waals surface area contributed by atoms with Crippen molar-refractivity contribution >= 4 is 18.2 Å². The molecule has 0 bridgehead atoms. The molecule has 0 aromatic heterocycles. The minimum Gasteiger partial charge on any atom is -0.323 e. The van der Waals surface area contributed by atoms with E-state index in [0.717, 1.165) is 0 Å². The molecule has 0 heterocycles. The van der Waals surface area contributed by atoms with E-state index in [4.69, 9.17) is 4.52 Å². The highest BCUT2D eigenvalue weighted by atomic mass is 31.2. The van der Waals surface area contributed by atoms with Gasteiger partial charge in [0.15, 0.2) is 0 Å². The standard InChI is InChI=1S/C14H13O3P/c1-17-18(16,13-10-6-3-7-11-13)14(15)12-8-4-2-5-9-12/h2-11H,1H3/t18-/m0/s1. The number of carbonyl (C=O) groups is 1. The van der Waals surface area contributed by atoms with E-state index in [-0.39, 0.29) is 0 Å². The van der Waals surface area contributed by atoms with Crippen LogP contribution in [0.1, 0.15) is 10.4 Å². The summed E-state index contributed by atoms with van der Waals surface area (Å²) in [5.41, 5.74) is -0.0802. The van der Waals surface area contributed by atoms with Gasteiger partial charge >= 0.3 is 7.37 Å². The van der Waals surface area contributed by atoms with Gasteiger partial charge in [0, 0.05) is 18.0 Å². The van der Waals surface area contributed by atoms with Crippen LogP contribution in [0.15, 0.2) is 60.7 Å². The van der Waals surface area contributed by atoms with Crippen molar-refractivity contribution < 1.29 is 13.9 Å². The van der Waals surface area contributed by atoms with Gasteiger partial charge in [-0.3, -0.25) is 9.36 Å². The minimum absolute atomic E-state index is 0.395. The molecule has 18 heavy (non-hydrogen) atoms. The van der Waals surface area contributed by atoms with Crippen LogP contribution in [-0.4, -0.2) is 12.6 Å². The lowest BCUT2D eigenvalue weighted by Crippen LogP contribution is -2.14. The lowest BCUT2D eigenvalue weighted by Gasteiger charge is -2.14. The summed E-state index contributed by atoms with van der Waals surface area (Å²) in [6.07, 6.45) is 0. The Morgan fingerprint density at radius 1 is 0.944 bits per heavy atom. The average molecular weight is 260 g/mol. The average Bonchev–Trinajstić information content (AvgIpc) is 2.47. The monoisotopic (exact) mass is 260 g/mol. The molecule has 0 N–H and O–H groups in total. The van der Waals surface area contributed by atoms with Gasteiger partial charge in [0.2, 0.25) is 0 Å². The van der Waals surface area contributed by atoms with E-state index in [1.165, 1.54) is 7.11 Å². The third-order valence-electron chi connectivity index (χ3n) is 2.64. The molecule has 0 aliphatic carbocycles. The van der Waals surface area contributed by atoms with Crippen molar-refractivity contribution in [2.75, 3.05) is 7.11 Å². The van der Waals surface area contributed by atoms with Crippen molar-refractivity contribution in [3.05, 3.63) is 66.2 Å². The molecule has 1 atom stereocenters. The number of rotatable bonds is 4. The molecule has 0 amide bonds. The van der Waals surface area contributed by atoms with E-state index in [1.54, 1.807) is 60.7 Å². The van der Waals surface area contributed by atoms with Crippen LogP contribution in [-0.2, 0) is 9.09 Å². The first-order valence-electron chi connectivity index (χ1n) is 5.50. The molecular formula is C14H13O3P. The predicted octanol–water partition coefficient (Wildman–Crippen LogP) is 3.08. The summed E-state index contributed by atoms with van der Waals surface area (Å²) in [6, 6.07) is 17.1. The molecule has 92 valence electrons. The van der Waals surface area contributed by atoms with Crippen LogP contribution >= 0.6 is 7.37 Å². The second-order valence-electron chi connectivity index (χ2n) is 3.74. The van der Waals surface area contributed by atoms with Gasteiger partial charge in [-0.25, -0.2) is 0 Å². The Morgan fingerprint density at radius 3 is 1.94 bits per heavy atom. The number of hydrogen-bond donors (Lipinski definition) is 0. The highest BCUT2D eigenvalue weighted by Crippen LogP contribution is 2.47. The van der Waals surface area contributed by atoms with E-state index in [1.807, 2.05) is 0 Å². The fraction of sp³-hybridized carbons (Fsp3) is 0.0714. The molecule has 4 heteroatoms. The Bertz CT molecular complexity index is 579. The molecule has 2 rings (SSSR count). The van der Waals surface area contributed by atoms with E-state index in [2.05, 4.69) is 0 Å². The summed E-state index contributed by atoms with van der Waals surface area (Å²) in [6.45, 7) is 0. The molecule has 0 aliphatic rings. The molecule has 0 aliphatic heterocycles. The molecule has 0 unspecified atom stereocenters. The van der Waals surface area contributed by atoms with Gasteiger partial charge in [-0.05, 0) is 12.1 Å². The molecular weight excluding hydrogens is 247 g/mol. The van der Waals surface area contributed by atoms with Gasteiger partial charge in [-0.2, -0.15) is 0 Å². The van der Waals surface area contributed by atoms with Crippen LogP contribution in [0.2, 0.25) is 0 Å². The van der Waals surface area contributed by atoms with Crippen molar-refractivity contribution in [3.8, 4) is 0 Å². The first-order valence-corrected chi connectivity index (χ1v) is 7.12. The summed E-state index contributed by atoms with van der Waals surface area (Å²) in [7, 11) is -2.20. The Balaban J connectivity index is 2.47. The van der Waals surface area contributed by atoms with Crippen LogP contribution in [0.3, 0.4) is 0 Å². The highest BCUT2D eigenvalue weighted by molar-refractivity contribution is 7.83.